The molecule has 1 aromatic carbocycles. The fourth-order valence-electron chi connectivity index (χ4n) is 2.05. The second kappa shape index (κ2) is 6.13. The maximum atomic E-state index is 11.6. The molecule has 0 aliphatic carbocycles. The van der Waals surface area contributed by atoms with Gasteiger partial charge in [0, 0.05) is 18.4 Å². The molecule has 5 heteroatoms. The Morgan fingerprint density at radius 1 is 1.21 bits per heavy atom. The van der Waals surface area contributed by atoms with Gasteiger partial charge in [-0.1, -0.05) is 18.6 Å². The molecule has 0 bridgehead atoms. The molecule has 0 aliphatic heterocycles. The maximum absolute atomic E-state index is 11.6. The van der Waals surface area contributed by atoms with Gasteiger partial charge in [0.05, 0.1) is 11.7 Å². The Hall–Kier alpha value is -2.17. The Kier molecular flexibility index (Phi) is 4.28. The predicted octanol–water partition coefficient (Wildman–Crippen LogP) is 2.04. The van der Waals surface area contributed by atoms with Gasteiger partial charge >= 0.3 is 5.97 Å². The van der Waals surface area contributed by atoms with E-state index in [9.17, 15) is 9.59 Å². The first kappa shape index (κ1) is 13.3. The Balaban J connectivity index is 2.03. The standard InChI is InChI=1S/C14H16N2O3/c17-13-10-15-16(9-5-1-2-8-14(18)19)12-7-4-3-6-11(12)13/h3-4,6-7,10H,1-2,5,8-9H2,(H,18,19). The first-order valence-corrected chi connectivity index (χ1v) is 6.35. The smallest absolute Gasteiger partial charge is 0.303 e. The highest BCUT2D eigenvalue weighted by atomic mass is 16.4. The third-order valence-corrected chi connectivity index (χ3v) is 3.02. The van der Waals surface area contributed by atoms with Crippen LogP contribution >= 0.6 is 0 Å². The molecule has 100 valence electrons. The minimum Gasteiger partial charge on any atom is -0.481 e. The molecule has 0 saturated heterocycles. The molecule has 2 rings (SSSR count). The molecule has 0 amide bonds. The van der Waals surface area contributed by atoms with E-state index in [4.69, 9.17) is 5.11 Å². The van der Waals surface area contributed by atoms with Gasteiger partial charge in [-0.05, 0) is 25.0 Å². The number of hydrogen-bond donors (Lipinski definition) is 1. The van der Waals surface area contributed by atoms with E-state index in [1.54, 1.807) is 10.7 Å². The zero-order valence-electron chi connectivity index (χ0n) is 10.6. The van der Waals surface area contributed by atoms with Crippen molar-refractivity contribution in [3.05, 3.63) is 40.7 Å². The number of nitrogens with zero attached hydrogens (tertiary/aromatic N) is 2. The van der Waals surface area contributed by atoms with Crippen molar-refractivity contribution < 1.29 is 9.90 Å². The molecule has 1 aromatic heterocycles. The van der Waals surface area contributed by atoms with Crippen LogP contribution in [-0.2, 0) is 11.3 Å². The van der Waals surface area contributed by atoms with Gasteiger partial charge in [0.25, 0.3) is 0 Å². The van der Waals surface area contributed by atoms with Gasteiger partial charge in [0.15, 0.2) is 0 Å². The summed E-state index contributed by atoms with van der Waals surface area (Å²) in [5, 5.41) is 13.3. The van der Waals surface area contributed by atoms with E-state index < -0.39 is 5.97 Å². The molecular formula is C14H16N2O3. The molecule has 1 heterocycles. The van der Waals surface area contributed by atoms with Crippen molar-refractivity contribution >= 4 is 16.9 Å². The minimum atomic E-state index is -0.757. The van der Waals surface area contributed by atoms with Gasteiger partial charge in [-0.3, -0.25) is 14.3 Å². The van der Waals surface area contributed by atoms with Crippen molar-refractivity contribution in [2.24, 2.45) is 0 Å². The van der Waals surface area contributed by atoms with Crippen molar-refractivity contribution in [2.75, 3.05) is 0 Å². The van der Waals surface area contributed by atoms with E-state index in [-0.39, 0.29) is 11.8 Å². The van der Waals surface area contributed by atoms with Crippen LogP contribution in [-0.4, -0.2) is 20.9 Å². The number of carbonyl (C=O) groups is 1. The largest absolute Gasteiger partial charge is 0.481 e. The van der Waals surface area contributed by atoms with Crippen LogP contribution in [0.4, 0.5) is 0 Å². The van der Waals surface area contributed by atoms with Gasteiger partial charge in [0.1, 0.15) is 0 Å². The average Bonchev–Trinajstić information content (AvgIpc) is 2.41. The summed E-state index contributed by atoms with van der Waals surface area (Å²) < 4.78 is 1.80. The molecule has 0 saturated carbocycles. The Labute approximate surface area is 110 Å². The van der Waals surface area contributed by atoms with E-state index in [0.717, 1.165) is 18.4 Å². The zero-order valence-corrected chi connectivity index (χ0v) is 10.6. The fraction of sp³-hybridized carbons (Fsp3) is 0.357. The third-order valence-electron chi connectivity index (χ3n) is 3.02. The van der Waals surface area contributed by atoms with Gasteiger partial charge in [-0.15, -0.1) is 0 Å². The van der Waals surface area contributed by atoms with Crippen molar-refractivity contribution in [2.45, 2.75) is 32.2 Å². The number of fused-ring (bicyclic) bond motifs is 1. The summed E-state index contributed by atoms with van der Waals surface area (Å²) in [6.07, 6.45) is 3.91. The Bertz CT molecular complexity index is 634. The number of carboxylic acid groups (broad SMARTS) is 1. The highest BCUT2D eigenvalue weighted by molar-refractivity contribution is 5.77. The summed E-state index contributed by atoms with van der Waals surface area (Å²) in [6.45, 7) is 0.695. The number of benzene rings is 1. The lowest BCUT2D eigenvalue weighted by Crippen LogP contribution is -2.12. The van der Waals surface area contributed by atoms with Crippen molar-refractivity contribution in [3.8, 4) is 0 Å². The second-order valence-electron chi connectivity index (χ2n) is 4.45. The highest BCUT2D eigenvalue weighted by Crippen LogP contribution is 2.09. The highest BCUT2D eigenvalue weighted by Gasteiger charge is 2.03. The lowest BCUT2D eigenvalue weighted by atomic mass is 10.2. The van der Waals surface area contributed by atoms with Crippen LogP contribution in [0.5, 0.6) is 0 Å². The maximum Gasteiger partial charge on any atom is 0.303 e. The molecule has 19 heavy (non-hydrogen) atoms. The van der Waals surface area contributed by atoms with Gasteiger partial charge in [-0.25, -0.2) is 0 Å². The molecule has 2 aromatic rings. The van der Waals surface area contributed by atoms with Crippen LogP contribution < -0.4 is 5.43 Å². The van der Waals surface area contributed by atoms with E-state index in [0.29, 0.717) is 18.4 Å². The number of para-hydroxylation sites is 1. The van der Waals surface area contributed by atoms with Crippen LogP contribution in [0.1, 0.15) is 25.7 Å². The van der Waals surface area contributed by atoms with Crippen molar-refractivity contribution in [1.29, 1.82) is 0 Å². The van der Waals surface area contributed by atoms with E-state index in [2.05, 4.69) is 5.10 Å². The monoisotopic (exact) mass is 260 g/mol. The summed E-state index contributed by atoms with van der Waals surface area (Å²) in [4.78, 5) is 22.0. The predicted molar refractivity (Wildman–Crippen MR) is 72.1 cm³/mol. The Morgan fingerprint density at radius 2 is 2.00 bits per heavy atom. The van der Waals surface area contributed by atoms with Crippen molar-refractivity contribution in [1.82, 2.24) is 9.78 Å². The van der Waals surface area contributed by atoms with Crippen LogP contribution in [0, 0.1) is 0 Å². The first-order valence-electron chi connectivity index (χ1n) is 6.35. The SMILES string of the molecule is O=C(O)CCCCCn1ncc(=O)c2ccccc21. The number of rotatable bonds is 6. The minimum absolute atomic E-state index is 0.0715. The Morgan fingerprint density at radius 3 is 2.79 bits per heavy atom. The van der Waals surface area contributed by atoms with E-state index >= 15 is 0 Å². The fourth-order valence-corrected chi connectivity index (χ4v) is 2.05. The van der Waals surface area contributed by atoms with Crippen LogP contribution in [0.2, 0.25) is 0 Å². The number of carboxylic acids is 1. The molecule has 0 unspecified atom stereocenters. The summed E-state index contributed by atoms with van der Waals surface area (Å²) in [5.74, 6) is -0.757. The molecule has 0 radical (unpaired) electrons. The van der Waals surface area contributed by atoms with Crippen LogP contribution in [0.25, 0.3) is 10.9 Å². The van der Waals surface area contributed by atoms with Crippen LogP contribution in [0.3, 0.4) is 0 Å². The number of aromatic nitrogens is 2. The molecule has 0 atom stereocenters. The summed E-state index contributed by atoms with van der Waals surface area (Å²) in [6, 6.07) is 7.38. The van der Waals surface area contributed by atoms with E-state index in [1.807, 2.05) is 18.2 Å². The second-order valence-corrected chi connectivity index (χ2v) is 4.45. The third kappa shape index (κ3) is 3.40. The lowest BCUT2D eigenvalue weighted by Gasteiger charge is -2.08. The topological polar surface area (TPSA) is 72.2 Å². The number of unbranched alkanes of at least 4 members (excludes halogenated alkanes) is 2. The lowest BCUT2D eigenvalue weighted by molar-refractivity contribution is -0.137. The summed E-state index contributed by atoms with van der Waals surface area (Å²) >= 11 is 0. The number of aryl methyl sites for hydroxylation is 1. The zero-order chi connectivity index (χ0) is 13.7. The normalized spacial score (nSPS) is 10.7. The van der Waals surface area contributed by atoms with Gasteiger partial charge in [-0.2, -0.15) is 5.10 Å². The quantitative estimate of drug-likeness (QED) is 0.807. The molecule has 0 aliphatic rings. The van der Waals surface area contributed by atoms with Crippen molar-refractivity contribution in [3.63, 3.8) is 0 Å². The van der Waals surface area contributed by atoms with Gasteiger partial charge in [0.2, 0.25) is 5.43 Å². The average molecular weight is 260 g/mol. The number of aliphatic carboxylic acids is 1. The molecule has 5 nitrogen and oxygen atoms in total. The molecule has 0 spiro atoms. The first-order chi connectivity index (χ1) is 9.18. The van der Waals surface area contributed by atoms with Crippen LogP contribution in [0.15, 0.2) is 35.3 Å². The number of hydrogen-bond acceptors (Lipinski definition) is 3. The molecule has 0 fully saturated rings. The molecular weight excluding hydrogens is 244 g/mol. The summed E-state index contributed by atoms with van der Waals surface area (Å²) in [5.41, 5.74) is 0.756. The van der Waals surface area contributed by atoms with Gasteiger partial charge < -0.3 is 5.11 Å². The summed E-state index contributed by atoms with van der Waals surface area (Å²) in [7, 11) is 0. The molecule has 1 N–H and O–H groups in total. The van der Waals surface area contributed by atoms with E-state index in [1.165, 1.54) is 6.20 Å².